The van der Waals surface area contributed by atoms with Crippen molar-refractivity contribution in [3.63, 3.8) is 0 Å². The maximum atomic E-state index is 8.89. The van der Waals surface area contributed by atoms with Crippen LogP contribution in [0.2, 0.25) is 0 Å². The zero-order chi connectivity index (χ0) is 16.1. The molecule has 124 valence electrons. The van der Waals surface area contributed by atoms with Crippen LogP contribution in [0.5, 0.6) is 0 Å². The van der Waals surface area contributed by atoms with Crippen molar-refractivity contribution in [2.45, 2.75) is 19.4 Å². The molecule has 0 spiro atoms. The summed E-state index contributed by atoms with van der Waals surface area (Å²) in [6.07, 6.45) is 2.69. The Morgan fingerprint density at radius 1 is 1.04 bits per heavy atom. The van der Waals surface area contributed by atoms with E-state index < -0.39 is 0 Å². The molecule has 2 aliphatic rings. The number of likely N-dealkylation sites (tertiary alicyclic amines) is 1. The van der Waals surface area contributed by atoms with Gasteiger partial charge in [-0.15, -0.1) is 0 Å². The summed E-state index contributed by atoms with van der Waals surface area (Å²) in [5.41, 5.74) is 2.07. The topological polar surface area (TPSA) is 33.5 Å². The van der Waals surface area contributed by atoms with E-state index in [-0.39, 0.29) is 0 Å². The molecule has 0 aromatic heterocycles. The first-order valence-corrected chi connectivity index (χ1v) is 8.85. The first-order valence-electron chi connectivity index (χ1n) is 8.85. The standard InChI is InChI=1S/C19H28N4/c1-21-9-11-22(12-10-21)15-19-3-2-8-23(16-19)14-18-6-4-17(13-20)5-7-18/h4-7,19H,2-3,8-12,14-16H2,1H3. The van der Waals surface area contributed by atoms with E-state index in [2.05, 4.69) is 39.9 Å². The molecule has 4 heteroatoms. The highest BCUT2D eigenvalue weighted by Gasteiger charge is 2.23. The predicted molar refractivity (Wildman–Crippen MR) is 93.1 cm³/mol. The Hall–Kier alpha value is -1.41. The second kappa shape index (κ2) is 7.92. The number of nitrogens with zero attached hydrogens (tertiary/aromatic N) is 4. The van der Waals surface area contributed by atoms with E-state index in [1.807, 2.05) is 12.1 Å². The number of hydrogen-bond acceptors (Lipinski definition) is 4. The van der Waals surface area contributed by atoms with Crippen LogP contribution in [0, 0.1) is 17.2 Å². The van der Waals surface area contributed by atoms with E-state index in [4.69, 9.17) is 5.26 Å². The number of piperazine rings is 1. The summed E-state index contributed by atoms with van der Waals surface area (Å²) in [7, 11) is 2.22. The Morgan fingerprint density at radius 3 is 2.48 bits per heavy atom. The average molecular weight is 312 g/mol. The minimum Gasteiger partial charge on any atom is -0.304 e. The lowest BCUT2D eigenvalue weighted by molar-refractivity contribution is 0.0966. The molecule has 4 nitrogen and oxygen atoms in total. The Morgan fingerprint density at radius 2 is 1.78 bits per heavy atom. The molecule has 0 aliphatic carbocycles. The summed E-state index contributed by atoms with van der Waals surface area (Å²) in [6, 6.07) is 10.3. The van der Waals surface area contributed by atoms with Crippen LogP contribution in [0.4, 0.5) is 0 Å². The van der Waals surface area contributed by atoms with Crippen molar-refractivity contribution in [3.05, 3.63) is 35.4 Å². The summed E-state index contributed by atoms with van der Waals surface area (Å²) < 4.78 is 0. The van der Waals surface area contributed by atoms with Gasteiger partial charge in [0.15, 0.2) is 0 Å². The zero-order valence-electron chi connectivity index (χ0n) is 14.2. The third kappa shape index (κ3) is 4.78. The van der Waals surface area contributed by atoms with Crippen molar-refractivity contribution in [1.29, 1.82) is 5.26 Å². The fourth-order valence-electron chi connectivity index (χ4n) is 3.78. The number of nitriles is 1. The van der Waals surface area contributed by atoms with Crippen LogP contribution in [0.25, 0.3) is 0 Å². The average Bonchev–Trinajstić information content (AvgIpc) is 2.58. The quantitative estimate of drug-likeness (QED) is 0.852. The number of benzene rings is 1. The summed E-state index contributed by atoms with van der Waals surface area (Å²) in [4.78, 5) is 7.66. The van der Waals surface area contributed by atoms with Crippen LogP contribution >= 0.6 is 0 Å². The highest BCUT2D eigenvalue weighted by atomic mass is 15.2. The van der Waals surface area contributed by atoms with Gasteiger partial charge in [0.2, 0.25) is 0 Å². The molecular formula is C19H28N4. The smallest absolute Gasteiger partial charge is 0.0991 e. The normalized spacial score (nSPS) is 24.4. The predicted octanol–water partition coefficient (Wildman–Crippen LogP) is 2.02. The van der Waals surface area contributed by atoms with Gasteiger partial charge in [-0.3, -0.25) is 4.90 Å². The van der Waals surface area contributed by atoms with E-state index in [0.717, 1.165) is 18.0 Å². The van der Waals surface area contributed by atoms with Gasteiger partial charge in [-0.25, -0.2) is 0 Å². The molecule has 0 N–H and O–H groups in total. The first-order chi connectivity index (χ1) is 11.2. The van der Waals surface area contributed by atoms with Crippen molar-refractivity contribution in [2.75, 3.05) is 52.9 Å². The molecule has 2 aliphatic heterocycles. The highest BCUT2D eigenvalue weighted by molar-refractivity contribution is 5.31. The molecule has 1 unspecified atom stereocenters. The summed E-state index contributed by atoms with van der Waals surface area (Å²) in [5.74, 6) is 0.811. The van der Waals surface area contributed by atoms with Gasteiger partial charge in [-0.05, 0) is 50.0 Å². The third-order valence-corrected chi connectivity index (χ3v) is 5.20. The number of hydrogen-bond donors (Lipinski definition) is 0. The SMILES string of the molecule is CN1CCN(CC2CCCN(Cc3ccc(C#N)cc3)C2)CC1. The van der Waals surface area contributed by atoms with Crippen molar-refractivity contribution in [2.24, 2.45) is 5.92 Å². The summed E-state index contributed by atoms with van der Waals surface area (Å²) in [6.45, 7) is 9.57. The van der Waals surface area contributed by atoms with Gasteiger partial charge in [-0.2, -0.15) is 5.26 Å². The van der Waals surface area contributed by atoms with E-state index in [9.17, 15) is 0 Å². The van der Waals surface area contributed by atoms with E-state index in [0.29, 0.717) is 0 Å². The molecule has 0 bridgehead atoms. The molecule has 1 atom stereocenters. The maximum Gasteiger partial charge on any atom is 0.0991 e. The maximum absolute atomic E-state index is 8.89. The second-order valence-corrected chi connectivity index (χ2v) is 7.16. The Balaban J connectivity index is 1.48. The minimum atomic E-state index is 0.750. The molecule has 0 radical (unpaired) electrons. The van der Waals surface area contributed by atoms with Gasteiger partial charge < -0.3 is 9.80 Å². The van der Waals surface area contributed by atoms with Gasteiger partial charge >= 0.3 is 0 Å². The molecule has 2 fully saturated rings. The molecule has 0 amide bonds. The van der Waals surface area contributed by atoms with Crippen LogP contribution in [0.15, 0.2) is 24.3 Å². The fraction of sp³-hybridized carbons (Fsp3) is 0.632. The first kappa shape index (κ1) is 16.4. The van der Waals surface area contributed by atoms with Crippen molar-refractivity contribution < 1.29 is 0 Å². The van der Waals surface area contributed by atoms with Gasteiger partial charge in [0.05, 0.1) is 11.6 Å². The zero-order valence-corrected chi connectivity index (χ0v) is 14.2. The van der Waals surface area contributed by atoms with Crippen LogP contribution < -0.4 is 0 Å². The molecule has 23 heavy (non-hydrogen) atoms. The second-order valence-electron chi connectivity index (χ2n) is 7.16. The lowest BCUT2D eigenvalue weighted by Gasteiger charge is -2.38. The van der Waals surface area contributed by atoms with Crippen molar-refractivity contribution >= 4 is 0 Å². The molecule has 1 aromatic carbocycles. The molecule has 2 heterocycles. The number of piperidine rings is 1. The summed E-state index contributed by atoms with van der Waals surface area (Å²) >= 11 is 0. The van der Waals surface area contributed by atoms with Gasteiger partial charge in [-0.1, -0.05) is 12.1 Å². The lowest BCUT2D eigenvalue weighted by Crippen LogP contribution is -2.48. The molecule has 3 rings (SSSR count). The van der Waals surface area contributed by atoms with Crippen molar-refractivity contribution in [1.82, 2.24) is 14.7 Å². The number of likely N-dealkylation sites (N-methyl/N-ethyl adjacent to an activating group) is 1. The Bertz CT molecular complexity index is 525. The third-order valence-electron chi connectivity index (χ3n) is 5.20. The Labute approximate surface area is 140 Å². The summed E-state index contributed by atoms with van der Waals surface area (Å²) in [5, 5.41) is 8.89. The molecular weight excluding hydrogens is 284 g/mol. The fourth-order valence-corrected chi connectivity index (χ4v) is 3.78. The molecule has 1 aromatic rings. The van der Waals surface area contributed by atoms with Crippen LogP contribution in [-0.2, 0) is 6.54 Å². The lowest BCUT2D eigenvalue weighted by atomic mass is 9.96. The van der Waals surface area contributed by atoms with Gasteiger partial charge in [0, 0.05) is 45.8 Å². The van der Waals surface area contributed by atoms with Gasteiger partial charge in [0.25, 0.3) is 0 Å². The number of rotatable bonds is 4. The van der Waals surface area contributed by atoms with Gasteiger partial charge in [0.1, 0.15) is 0 Å². The van der Waals surface area contributed by atoms with Crippen LogP contribution in [0.1, 0.15) is 24.0 Å². The Kier molecular flexibility index (Phi) is 5.66. The van der Waals surface area contributed by atoms with Crippen LogP contribution in [-0.4, -0.2) is 67.6 Å². The van der Waals surface area contributed by atoms with E-state index in [1.54, 1.807) is 0 Å². The van der Waals surface area contributed by atoms with E-state index >= 15 is 0 Å². The molecule has 2 saturated heterocycles. The van der Waals surface area contributed by atoms with Crippen molar-refractivity contribution in [3.8, 4) is 6.07 Å². The minimum absolute atomic E-state index is 0.750. The monoisotopic (exact) mass is 312 g/mol. The highest BCUT2D eigenvalue weighted by Crippen LogP contribution is 2.20. The largest absolute Gasteiger partial charge is 0.304 e. The van der Waals surface area contributed by atoms with E-state index in [1.165, 1.54) is 64.2 Å². The molecule has 0 saturated carbocycles. The van der Waals surface area contributed by atoms with Crippen LogP contribution in [0.3, 0.4) is 0 Å².